The van der Waals surface area contributed by atoms with Gasteiger partial charge in [0.2, 0.25) is 5.91 Å². The Balaban J connectivity index is 0.00000116. The number of halogens is 1. The lowest BCUT2D eigenvalue weighted by atomic mass is 9.83. The molecule has 4 nitrogen and oxygen atoms in total. The van der Waals surface area contributed by atoms with E-state index in [0.717, 1.165) is 74.1 Å². The number of carbonyl (C=O) groups excluding carboxylic acids is 1. The first-order valence-electron chi connectivity index (χ1n) is 14.5. The number of nitrogens with zero attached hydrogens (tertiary/aromatic N) is 3. The van der Waals surface area contributed by atoms with Crippen molar-refractivity contribution in [1.29, 1.82) is 0 Å². The molecule has 1 saturated carbocycles. The van der Waals surface area contributed by atoms with Gasteiger partial charge in [0.05, 0.1) is 18.1 Å². The zero-order valence-corrected chi connectivity index (χ0v) is 24.9. The molecular formula is C34H50FN3O. The fraction of sp³-hybridized carbons (Fsp3) is 0.471. The van der Waals surface area contributed by atoms with Crippen LogP contribution < -0.4 is 4.90 Å². The van der Waals surface area contributed by atoms with E-state index in [1.807, 2.05) is 49.2 Å². The Labute approximate surface area is 237 Å². The smallest absolute Gasteiger partial charge is 0.225 e. The minimum absolute atomic E-state index is 0.107. The van der Waals surface area contributed by atoms with Gasteiger partial charge in [-0.2, -0.15) is 0 Å². The van der Waals surface area contributed by atoms with E-state index in [0.29, 0.717) is 11.9 Å². The van der Waals surface area contributed by atoms with Crippen LogP contribution in [-0.2, 0) is 4.79 Å². The van der Waals surface area contributed by atoms with Crippen molar-refractivity contribution >= 4 is 29.4 Å². The van der Waals surface area contributed by atoms with Gasteiger partial charge in [0.15, 0.2) is 0 Å². The monoisotopic (exact) mass is 535 g/mol. The highest BCUT2D eigenvalue weighted by Gasteiger charge is 2.32. The molecule has 0 bridgehead atoms. The number of aromatic nitrogens is 1. The normalized spacial score (nSPS) is 16.1. The van der Waals surface area contributed by atoms with Gasteiger partial charge in [-0.1, -0.05) is 64.3 Å². The topological polar surface area (TPSA) is 36.4 Å². The summed E-state index contributed by atoms with van der Waals surface area (Å²) in [5, 5.41) is 0. The highest BCUT2D eigenvalue weighted by atomic mass is 19.1. The zero-order chi connectivity index (χ0) is 29.2. The molecule has 0 unspecified atom stereocenters. The number of rotatable bonds is 11. The zero-order valence-electron chi connectivity index (χ0n) is 24.9. The second kappa shape index (κ2) is 18.9. The van der Waals surface area contributed by atoms with Crippen molar-refractivity contribution in [2.24, 2.45) is 5.92 Å². The van der Waals surface area contributed by atoms with Gasteiger partial charge >= 0.3 is 0 Å². The van der Waals surface area contributed by atoms with E-state index < -0.39 is 6.17 Å². The van der Waals surface area contributed by atoms with Gasteiger partial charge in [0.25, 0.3) is 0 Å². The molecule has 0 aliphatic heterocycles. The lowest BCUT2D eigenvalue weighted by Crippen LogP contribution is -2.42. The minimum atomic E-state index is -0.667. The number of alkyl halides is 1. The standard InChI is InChI=1S/C29H37N3O.C3H7F.C2H6/c1-5-9-21-31(20-6-2)29(33)25-12-16-27(17-13-25)32(26-14-10-23(7-3)11-15-26)28-22-30-19-18-24(28)8-4;1-3(2)4;1-2/h5,7-8,10-11,14-15,18-19,22,25,27H,1,3-4,6,9,12-13,16-17,20-21H2,2H3;3H,1-2H3;1-2H3. The van der Waals surface area contributed by atoms with E-state index in [1.165, 1.54) is 13.8 Å². The molecule has 1 aromatic carbocycles. The molecule has 0 saturated heterocycles. The Hall–Kier alpha value is -3.21. The maximum Gasteiger partial charge on any atom is 0.225 e. The molecule has 2 aromatic rings. The van der Waals surface area contributed by atoms with E-state index in [4.69, 9.17) is 0 Å². The molecule has 214 valence electrons. The molecule has 1 fully saturated rings. The molecular weight excluding hydrogens is 485 g/mol. The van der Waals surface area contributed by atoms with Crippen molar-refractivity contribution in [2.75, 3.05) is 18.0 Å². The Bertz CT molecular complexity index is 991. The van der Waals surface area contributed by atoms with E-state index in [-0.39, 0.29) is 5.92 Å². The fourth-order valence-corrected chi connectivity index (χ4v) is 4.78. The number of anilines is 2. The fourth-order valence-electron chi connectivity index (χ4n) is 4.78. The predicted octanol–water partition coefficient (Wildman–Crippen LogP) is 9.27. The quantitative estimate of drug-likeness (QED) is 0.269. The van der Waals surface area contributed by atoms with Crippen molar-refractivity contribution in [2.45, 2.75) is 85.4 Å². The molecule has 0 atom stereocenters. The van der Waals surface area contributed by atoms with Crippen LogP contribution >= 0.6 is 0 Å². The van der Waals surface area contributed by atoms with Crippen molar-refractivity contribution in [1.82, 2.24) is 9.88 Å². The summed E-state index contributed by atoms with van der Waals surface area (Å²) in [7, 11) is 0. The van der Waals surface area contributed by atoms with Crippen LogP contribution in [0.2, 0.25) is 0 Å². The molecule has 1 aromatic heterocycles. The summed E-state index contributed by atoms with van der Waals surface area (Å²) in [5.41, 5.74) is 4.35. The summed E-state index contributed by atoms with van der Waals surface area (Å²) in [6, 6.07) is 10.8. The lowest BCUT2D eigenvalue weighted by Gasteiger charge is -2.39. The van der Waals surface area contributed by atoms with E-state index in [1.54, 1.807) is 6.20 Å². The number of hydrogen-bond acceptors (Lipinski definition) is 3. The van der Waals surface area contributed by atoms with Crippen LogP contribution in [0, 0.1) is 5.92 Å². The molecule has 1 heterocycles. The van der Waals surface area contributed by atoms with Crippen LogP contribution in [0.1, 0.15) is 84.3 Å². The summed E-state index contributed by atoms with van der Waals surface area (Å²) in [6.45, 7) is 22.4. The third-order valence-electron chi connectivity index (χ3n) is 6.54. The van der Waals surface area contributed by atoms with Crippen LogP contribution in [0.5, 0.6) is 0 Å². The number of amides is 1. The van der Waals surface area contributed by atoms with Gasteiger partial charge in [-0.15, -0.1) is 6.58 Å². The van der Waals surface area contributed by atoms with Crippen LogP contribution in [0.3, 0.4) is 0 Å². The molecule has 3 rings (SSSR count). The average Bonchev–Trinajstić information content (AvgIpc) is 2.97. The third kappa shape index (κ3) is 10.8. The van der Waals surface area contributed by atoms with Crippen molar-refractivity contribution in [3.63, 3.8) is 0 Å². The van der Waals surface area contributed by atoms with Gasteiger partial charge in [0, 0.05) is 42.5 Å². The van der Waals surface area contributed by atoms with E-state index >= 15 is 0 Å². The Morgan fingerprint density at radius 2 is 1.64 bits per heavy atom. The Morgan fingerprint density at radius 3 is 2.15 bits per heavy atom. The first-order valence-corrected chi connectivity index (χ1v) is 14.5. The average molecular weight is 536 g/mol. The molecule has 0 radical (unpaired) electrons. The molecule has 5 heteroatoms. The molecule has 0 N–H and O–H groups in total. The largest absolute Gasteiger partial charge is 0.342 e. The van der Waals surface area contributed by atoms with Crippen molar-refractivity contribution in [3.05, 3.63) is 79.7 Å². The second-order valence-corrected chi connectivity index (χ2v) is 9.73. The summed E-state index contributed by atoms with van der Waals surface area (Å²) < 4.78 is 11.0. The van der Waals surface area contributed by atoms with Gasteiger partial charge in [-0.25, -0.2) is 4.39 Å². The van der Waals surface area contributed by atoms with Gasteiger partial charge in [-0.05, 0) is 76.1 Å². The van der Waals surface area contributed by atoms with Crippen LogP contribution in [-0.4, -0.2) is 41.1 Å². The van der Waals surface area contributed by atoms with E-state index in [9.17, 15) is 9.18 Å². The first kappa shape index (κ1) is 33.8. The first-order chi connectivity index (χ1) is 18.9. The Kier molecular flexibility index (Phi) is 16.4. The van der Waals surface area contributed by atoms with Gasteiger partial charge < -0.3 is 9.80 Å². The van der Waals surface area contributed by atoms with Gasteiger partial charge in [-0.3, -0.25) is 9.78 Å². The lowest BCUT2D eigenvalue weighted by molar-refractivity contribution is -0.136. The molecule has 1 aliphatic carbocycles. The van der Waals surface area contributed by atoms with Crippen molar-refractivity contribution < 1.29 is 9.18 Å². The predicted molar refractivity (Wildman–Crippen MR) is 168 cm³/mol. The maximum atomic E-state index is 13.2. The third-order valence-corrected chi connectivity index (χ3v) is 6.54. The summed E-state index contributed by atoms with van der Waals surface area (Å²) in [5.74, 6) is 0.419. The summed E-state index contributed by atoms with van der Waals surface area (Å²) in [4.78, 5) is 22.1. The molecule has 1 amide bonds. The SMILES string of the molecule is C=CCCN(CCC)C(=O)C1CCC(N(c2ccc(C=C)cc2)c2cnccc2C=C)CC1.CC.CC(C)F. The van der Waals surface area contributed by atoms with Crippen LogP contribution in [0.25, 0.3) is 12.2 Å². The molecule has 0 spiro atoms. The highest BCUT2D eigenvalue weighted by Crippen LogP contribution is 2.38. The van der Waals surface area contributed by atoms with Crippen molar-refractivity contribution in [3.8, 4) is 0 Å². The number of pyridine rings is 1. The number of carbonyl (C=O) groups is 1. The number of hydrogen-bond donors (Lipinski definition) is 0. The van der Waals surface area contributed by atoms with Crippen LogP contribution in [0.15, 0.2) is 68.5 Å². The summed E-state index contributed by atoms with van der Waals surface area (Å²) >= 11 is 0. The maximum absolute atomic E-state index is 13.2. The summed E-state index contributed by atoms with van der Waals surface area (Å²) in [6.07, 6.45) is 14.3. The second-order valence-electron chi connectivity index (χ2n) is 9.73. The molecule has 39 heavy (non-hydrogen) atoms. The Morgan fingerprint density at radius 1 is 1.03 bits per heavy atom. The highest BCUT2D eigenvalue weighted by molar-refractivity contribution is 5.79. The minimum Gasteiger partial charge on any atom is -0.342 e. The van der Waals surface area contributed by atoms with E-state index in [2.05, 4.69) is 60.8 Å². The van der Waals surface area contributed by atoms with Gasteiger partial charge in [0.1, 0.15) is 0 Å². The van der Waals surface area contributed by atoms with Crippen LogP contribution in [0.4, 0.5) is 15.8 Å². The number of benzene rings is 1. The molecule has 1 aliphatic rings.